The number of nitrogens with zero attached hydrogens (tertiary/aromatic N) is 1. The molecule has 6 heteroatoms. The number of hydrogen-bond donors (Lipinski definition) is 1. The highest BCUT2D eigenvalue weighted by molar-refractivity contribution is 7.20. The lowest BCUT2D eigenvalue weighted by molar-refractivity contribution is 0.732. The number of thiazole rings is 1. The third-order valence-electron chi connectivity index (χ3n) is 1.99. The molecule has 2 aromatic rings. The lowest BCUT2D eigenvalue weighted by atomic mass is 10.1. The van der Waals surface area contributed by atoms with Crippen LogP contribution in [0.15, 0.2) is 17.8 Å². The normalized spacial score (nSPS) is 13.0. The summed E-state index contributed by atoms with van der Waals surface area (Å²) in [6.45, 7) is 0. The number of rotatable bonds is 3. The summed E-state index contributed by atoms with van der Waals surface area (Å²) in [5, 5.41) is 0. The Morgan fingerprint density at radius 3 is 2.80 bits per heavy atom. The Balaban J connectivity index is 2.14. The number of aromatic nitrogens is 1. The molecule has 2 nitrogen and oxygen atoms in total. The Bertz CT molecular complexity index is 439. The van der Waals surface area contributed by atoms with Crippen LogP contribution in [0, 0.1) is 0 Å². The molecule has 0 aliphatic carbocycles. The third kappa shape index (κ3) is 2.71. The van der Waals surface area contributed by atoms with Crippen LogP contribution in [0.3, 0.4) is 0 Å². The van der Waals surface area contributed by atoms with Crippen LogP contribution in [0.5, 0.6) is 0 Å². The second-order valence-corrected chi connectivity index (χ2v) is 6.31. The Hall–Kier alpha value is -0.130. The molecular formula is C9H8Cl2N2S2. The van der Waals surface area contributed by atoms with Crippen LogP contribution in [-0.4, -0.2) is 4.98 Å². The molecule has 0 aliphatic rings. The van der Waals surface area contributed by atoms with Crippen LogP contribution in [0.25, 0.3) is 0 Å². The van der Waals surface area contributed by atoms with Gasteiger partial charge in [-0.05, 0) is 6.07 Å². The zero-order valence-corrected chi connectivity index (χ0v) is 10.8. The highest BCUT2D eigenvalue weighted by Gasteiger charge is 2.14. The van der Waals surface area contributed by atoms with Crippen molar-refractivity contribution in [3.05, 3.63) is 36.9 Å². The lowest BCUT2D eigenvalue weighted by Gasteiger charge is -2.08. The van der Waals surface area contributed by atoms with Crippen LogP contribution < -0.4 is 5.73 Å². The molecule has 0 fully saturated rings. The first kappa shape index (κ1) is 11.4. The zero-order valence-electron chi connectivity index (χ0n) is 7.61. The first-order valence-corrected chi connectivity index (χ1v) is 6.69. The monoisotopic (exact) mass is 278 g/mol. The molecule has 0 radical (unpaired) electrons. The first-order valence-electron chi connectivity index (χ1n) is 4.24. The van der Waals surface area contributed by atoms with E-state index in [-0.39, 0.29) is 6.04 Å². The minimum Gasteiger partial charge on any atom is -0.324 e. The SMILES string of the molecule is NC(Cc1cncs1)c1cc(Cl)sc1Cl. The molecule has 0 saturated carbocycles. The van der Waals surface area contributed by atoms with E-state index in [9.17, 15) is 0 Å². The Morgan fingerprint density at radius 1 is 1.47 bits per heavy atom. The molecule has 2 aromatic heterocycles. The average molecular weight is 279 g/mol. The van der Waals surface area contributed by atoms with Gasteiger partial charge in [0.1, 0.15) is 0 Å². The molecule has 1 atom stereocenters. The molecule has 2 heterocycles. The van der Waals surface area contributed by atoms with Crippen LogP contribution >= 0.6 is 45.9 Å². The van der Waals surface area contributed by atoms with Gasteiger partial charge in [-0.15, -0.1) is 22.7 Å². The topological polar surface area (TPSA) is 38.9 Å². The standard InChI is InChI=1S/C9H8Cl2N2S2/c10-8-2-6(9(11)15-8)7(12)1-5-3-13-4-14-5/h2-4,7H,1,12H2. The van der Waals surface area contributed by atoms with Gasteiger partial charge in [0, 0.05) is 29.1 Å². The summed E-state index contributed by atoms with van der Waals surface area (Å²) >= 11 is 14.8. The predicted molar refractivity (Wildman–Crippen MR) is 67.1 cm³/mol. The molecule has 0 amide bonds. The molecule has 0 aromatic carbocycles. The van der Waals surface area contributed by atoms with Gasteiger partial charge in [0.05, 0.1) is 14.2 Å². The third-order valence-corrected chi connectivity index (χ3v) is 4.31. The number of nitrogens with two attached hydrogens (primary N) is 1. The maximum absolute atomic E-state index is 6.04. The van der Waals surface area contributed by atoms with E-state index < -0.39 is 0 Å². The highest BCUT2D eigenvalue weighted by Crippen LogP contribution is 2.35. The van der Waals surface area contributed by atoms with E-state index in [1.807, 2.05) is 12.3 Å². The quantitative estimate of drug-likeness (QED) is 0.929. The molecule has 2 rings (SSSR count). The summed E-state index contributed by atoms with van der Waals surface area (Å²) < 4.78 is 1.35. The van der Waals surface area contributed by atoms with E-state index in [0.717, 1.165) is 16.9 Å². The van der Waals surface area contributed by atoms with Gasteiger partial charge >= 0.3 is 0 Å². The smallest absolute Gasteiger partial charge is 0.0992 e. The van der Waals surface area contributed by atoms with Gasteiger partial charge in [-0.3, -0.25) is 4.98 Å². The van der Waals surface area contributed by atoms with Crippen molar-refractivity contribution < 1.29 is 0 Å². The molecular weight excluding hydrogens is 271 g/mol. The van der Waals surface area contributed by atoms with Gasteiger partial charge in [0.25, 0.3) is 0 Å². The molecule has 15 heavy (non-hydrogen) atoms. The molecule has 1 unspecified atom stereocenters. The fourth-order valence-corrected chi connectivity index (χ4v) is 3.53. The summed E-state index contributed by atoms with van der Waals surface area (Å²) in [6.07, 6.45) is 2.57. The predicted octanol–water partition coefficient (Wildman–Crippen LogP) is 3.75. The molecule has 0 aliphatic heterocycles. The van der Waals surface area contributed by atoms with Gasteiger partial charge in [0.15, 0.2) is 0 Å². The van der Waals surface area contributed by atoms with Crippen molar-refractivity contribution in [3.8, 4) is 0 Å². The van der Waals surface area contributed by atoms with Crippen LogP contribution in [0.2, 0.25) is 8.67 Å². The molecule has 0 saturated heterocycles. The van der Waals surface area contributed by atoms with Crippen molar-refractivity contribution in [2.45, 2.75) is 12.5 Å². The summed E-state index contributed by atoms with van der Waals surface area (Å²) in [7, 11) is 0. The van der Waals surface area contributed by atoms with Crippen molar-refractivity contribution in [2.24, 2.45) is 5.73 Å². The van der Waals surface area contributed by atoms with Crippen LogP contribution in [-0.2, 0) is 6.42 Å². The average Bonchev–Trinajstić information content (AvgIpc) is 2.75. The van der Waals surface area contributed by atoms with Crippen molar-refractivity contribution in [3.63, 3.8) is 0 Å². The van der Waals surface area contributed by atoms with Gasteiger partial charge in [0.2, 0.25) is 0 Å². The van der Waals surface area contributed by atoms with Crippen molar-refractivity contribution in [1.29, 1.82) is 0 Å². The number of halogens is 2. The van der Waals surface area contributed by atoms with Crippen molar-refractivity contribution in [2.75, 3.05) is 0 Å². The molecule has 80 valence electrons. The molecule has 0 bridgehead atoms. The minimum atomic E-state index is -0.110. The first-order chi connectivity index (χ1) is 7.16. The summed E-state index contributed by atoms with van der Waals surface area (Å²) in [4.78, 5) is 5.16. The minimum absolute atomic E-state index is 0.110. The summed E-state index contributed by atoms with van der Waals surface area (Å²) in [5.41, 5.74) is 8.76. The van der Waals surface area contributed by atoms with Crippen molar-refractivity contribution in [1.82, 2.24) is 4.98 Å². The maximum Gasteiger partial charge on any atom is 0.0992 e. The van der Waals surface area contributed by atoms with E-state index in [4.69, 9.17) is 28.9 Å². The van der Waals surface area contributed by atoms with Crippen LogP contribution in [0.1, 0.15) is 16.5 Å². The second-order valence-electron chi connectivity index (χ2n) is 3.06. The number of thiophene rings is 1. The lowest BCUT2D eigenvalue weighted by Crippen LogP contribution is -2.12. The molecule has 0 spiro atoms. The Morgan fingerprint density at radius 2 is 2.27 bits per heavy atom. The molecule has 2 N–H and O–H groups in total. The summed E-state index contributed by atoms with van der Waals surface area (Å²) in [6, 6.07) is 1.72. The largest absolute Gasteiger partial charge is 0.324 e. The Labute approximate surface area is 106 Å². The van der Waals surface area contributed by atoms with Gasteiger partial charge in [-0.1, -0.05) is 23.2 Å². The van der Waals surface area contributed by atoms with Gasteiger partial charge in [-0.2, -0.15) is 0 Å². The van der Waals surface area contributed by atoms with E-state index in [1.165, 1.54) is 11.3 Å². The van der Waals surface area contributed by atoms with Gasteiger partial charge in [-0.25, -0.2) is 0 Å². The second kappa shape index (κ2) is 4.80. The highest BCUT2D eigenvalue weighted by atomic mass is 35.5. The fourth-order valence-electron chi connectivity index (χ4n) is 1.28. The van der Waals surface area contributed by atoms with Crippen LogP contribution in [0.4, 0.5) is 0 Å². The summed E-state index contributed by atoms with van der Waals surface area (Å²) in [5.74, 6) is 0. The zero-order chi connectivity index (χ0) is 10.8. The Kier molecular flexibility index (Phi) is 3.64. The fraction of sp³-hybridized carbons (Fsp3) is 0.222. The maximum atomic E-state index is 6.04. The van der Waals surface area contributed by atoms with E-state index in [2.05, 4.69) is 4.98 Å². The van der Waals surface area contributed by atoms with E-state index in [0.29, 0.717) is 8.67 Å². The van der Waals surface area contributed by atoms with Crippen molar-refractivity contribution >= 4 is 45.9 Å². The van der Waals surface area contributed by atoms with E-state index in [1.54, 1.807) is 16.8 Å². The van der Waals surface area contributed by atoms with E-state index >= 15 is 0 Å². The van der Waals surface area contributed by atoms with Gasteiger partial charge < -0.3 is 5.73 Å². The number of hydrogen-bond acceptors (Lipinski definition) is 4.